The lowest BCUT2D eigenvalue weighted by Crippen LogP contribution is -2.46. The first-order valence-corrected chi connectivity index (χ1v) is 7.38. The van der Waals surface area contributed by atoms with Gasteiger partial charge in [-0.3, -0.25) is 4.90 Å². The molecule has 1 saturated heterocycles. The Morgan fingerprint density at radius 1 is 1.18 bits per heavy atom. The molecule has 0 bridgehead atoms. The van der Waals surface area contributed by atoms with Gasteiger partial charge in [-0.25, -0.2) is 4.98 Å². The van der Waals surface area contributed by atoms with Crippen molar-refractivity contribution in [3.63, 3.8) is 0 Å². The minimum Gasteiger partial charge on any atom is -0.363 e. The van der Waals surface area contributed by atoms with Gasteiger partial charge in [0.2, 0.25) is 11.8 Å². The van der Waals surface area contributed by atoms with E-state index in [1.165, 1.54) is 0 Å². The van der Waals surface area contributed by atoms with Crippen LogP contribution in [0.5, 0.6) is 0 Å². The van der Waals surface area contributed by atoms with Crippen molar-refractivity contribution < 1.29 is 4.52 Å². The van der Waals surface area contributed by atoms with Crippen LogP contribution in [0.15, 0.2) is 16.8 Å². The summed E-state index contributed by atoms with van der Waals surface area (Å²) >= 11 is 0. The molecule has 0 N–H and O–H groups in total. The molecule has 0 aliphatic carbocycles. The Morgan fingerprint density at radius 3 is 2.59 bits per heavy atom. The van der Waals surface area contributed by atoms with E-state index < -0.39 is 0 Å². The van der Waals surface area contributed by atoms with Crippen molar-refractivity contribution >= 4 is 11.8 Å². The SMILES string of the molecule is Cc1noc(CN2CCN(c3nccc(N(C)C)n3)CC2)n1. The summed E-state index contributed by atoms with van der Waals surface area (Å²) in [5.74, 6) is 3.08. The highest BCUT2D eigenvalue weighted by Crippen LogP contribution is 2.15. The minimum atomic E-state index is 0.678. The zero-order valence-electron chi connectivity index (χ0n) is 13.2. The van der Waals surface area contributed by atoms with Crippen LogP contribution in [0.3, 0.4) is 0 Å². The number of hydrogen-bond donors (Lipinski definition) is 0. The van der Waals surface area contributed by atoms with Gasteiger partial charge in [-0.2, -0.15) is 9.97 Å². The Balaban J connectivity index is 1.58. The van der Waals surface area contributed by atoms with Gasteiger partial charge in [0.25, 0.3) is 0 Å². The molecule has 118 valence electrons. The van der Waals surface area contributed by atoms with Crippen LogP contribution in [0, 0.1) is 6.92 Å². The van der Waals surface area contributed by atoms with Gasteiger partial charge in [0, 0.05) is 46.5 Å². The Hall–Kier alpha value is -2.22. The van der Waals surface area contributed by atoms with Gasteiger partial charge in [-0.05, 0) is 13.0 Å². The maximum Gasteiger partial charge on any atom is 0.240 e. The van der Waals surface area contributed by atoms with Crippen molar-refractivity contribution in [2.24, 2.45) is 0 Å². The largest absolute Gasteiger partial charge is 0.363 e. The van der Waals surface area contributed by atoms with E-state index in [4.69, 9.17) is 4.52 Å². The lowest BCUT2D eigenvalue weighted by molar-refractivity contribution is 0.214. The molecule has 0 unspecified atom stereocenters. The molecular formula is C14H21N7O. The molecule has 1 aliphatic rings. The molecule has 1 fully saturated rings. The minimum absolute atomic E-state index is 0.678. The second-order valence-electron chi connectivity index (χ2n) is 5.61. The molecule has 8 heteroatoms. The quantitative estimate of drug-likeness (QED) is 0.811. The lowest BCUT2D eigenvalue weighted by atomic mass is 10.3. The van der Waals surface area contributed by atoms with E-state index >= 15 is 0 Å². The molecular weight excluding hydrogens is 282 g/mol. The Labute approximate surface area is 129 Å². The van der Waals surface area contributed by atoms with Crippen molar-refractivity contribution in [2.75, 3.05) is 50.1 Å². The number of rotatable bonds is 4. The average Bonchev–Trinajstić information content (AvgIpc) is 2.93. The van der Waals surface area contributed by atoms with Gasteiger partial charge in [0.15, 0.2) is 5.82 Å². The molecule has 0 radical (unpaired) electrons. The lowest BCUT2D eigenvalue weighted by Gasteiger charge is -2.34. The van der Waals surface area contributed by atoms with Crippen LogP contribution >= 0.6 is 0 Å². The maximum atomic E-state index is 5.17. The van der Waals surface area contributed by atoms with Gasteiger partial charge in [0.1, 0.15) is 5.82 Å². The Morgan fingerprint density at radius 2 is 1.95 bits per heavy atom. The van der Waals surface area contributed by atoms with E-state index in [9.17, 15) is 0 Å². The molecule has 0 amide bonds. The smallest absolute Gasteiger partial charge is 0.240 e. The number of nitrogens with zero attached hydrogens (tertiary/aromatic N) is 7. The fourth-order valence-corrected chi connectivity index (χ4v) is 2.44. The highest BCUT2D eigenvalue weighted by molar-refractivity contribution is 5.42. The van der Waals surface area contributed by atoms with E-state index in [0.717, 1.165) is 37.9 Å². The predicted molar refractivity (Wildman–Crippen MR) is 82.9 cm³/mol. The third kappa shape index (κ3) is 3.33. The zero-order chi connectivity index (χ0) is 15.5. The molecule has 0 saturated carbocycles. The van der Waals surface area contributed by atoms with Crippen molar-refractivity contribution in [3.05, 3.63) is 24.0 Å². The number of aromatic nitrogens is 4. The van der Waals surface area contributed by atoms with Crippen LogP contribution in [0.25, 0.3) is 0 Å². The first-order chi connectivity index (χ1) is 10.6. The second-order valence-corrected chi connectivity index (χ2v) is 5.61. The Bertz CT molecular complexity index is 619. The van der Waals surface area contributed by atoms with Crippen LogP contribution in [0.1, 0.15) is 11.7 Å². The molecule has 0 aromatic carbocycles. The average molecular weight is 303 g/mol. The number of anilines is 2. The van der Waals surface area contributed by atoms with E-state index in [2.05, 4.69) is 29.9 Å². The van der Waals surface area contributed by atoms with Crippen LogP contribution in [0.4, 0.5) is 11.8 Å². The van der Waals surface area contributed by atoms with Crippen LogP contribution in [0.2, 0.25) is 0 Å². The number of piperazine rings is 1. The summed E-state index contributed by atoms with van der Waals surface area (Å²) in [5.41, 5.74) is 0. The summed E-state index contributed by atoms with van der Waals surface area (Å²) in [6.45, 7) is 6.18. The first-order valence-electron chi connectivity index (χ1n) is 7.38. The van der Waals surface area contributed by atoms with E-state index in [1.807, 2.05) is 38.2 Å². The third-order valence-corrected chi connectivity index (χ3v) is 3.67. The van der Waals surface area contributed by atoms with E-state index in [0.29, 0.717) is 18.3 Å². The summed E-state index contributed by atoms with van der Waals surface area (Å²) in [7, 11) is 3.97. The fourth-order valence-electron chi connectivity index (χ4n) is 2.44. The molecule has 22 heavy (non-hydrogen) atoms. The van der Waals surface area contributed by atoms with E-state index in [-0.39, 0.29) is 0 Å². The third-order valence-electron chi connectivity index (χ3n) is 3.67. The molecule has 2 aromatic rings. The van der Waals surface area contributed by atoms with Gasteiger partial charge in [0.05, 0.1) is 6.54 Å². The van der Waals surface area contributed by atoms with Crippen LogP contribution in [-0.2, 0) is 6.54 Å². The summed E-state index contributed by atoms with van der Waals surface area (Å²) in [6.07, 6.45) is 1.81. The normalized spacial score (nSPS) is 16.0. The van der Waals surface area contributed by atoms with Crippen molar-refractivity contribution in [2.45, 2.75) is 13.5 Å². The molecule has 3 heterocycles. The van der Waals surface area contributed by atoms with Gasteiger partial charge >= 0.3 is 0 Å². The van der Waals surface area contributed by atoms with Crippen LogP contribution in [-0.4, -0.2) is 65.3 Å². The highest BCUT2D eigenvalue weighted by Gasteiger charge is 2.20. The summed E-state index contributed by atoms with van der Waals surface area (Å²) in [5, 5.41) is 3.82. The zero-order valence-corrected chi connectivity index (χ0v) is 13.2. The topological polar surface area (TPSA) is 74.4 Å². The predicted octanol–water partition coefficient (Wildman–Crippen LogP) is 0.556. The molecule has 2 aromatic heterocycles. The van der Waals surface area contributed by atoms with E-state index in [1.54, 1.807) is 0 Å². The number of hydrogen-bond acceptors (Lipinski definition) is 8. The monoisotopic (exact) mass is 303 g/mol. The van der Waals surface area contributed by atoms with Crippen molar-refractivity contribution in [1.82, 2.24) is 25.0 Å². The summed E-state index contributed by atoms with van der Waals surface area (Å²) in [4.78, 5) is 19.7. The molecule has 1 aliphatic heterocycles. The number of aryl methyl sites for hydroxylation is 1. The standard InChI is InChI=1S/C14H21N7O/c1-11-16-13(22-18-11)10-20-6-8-21(9-7-20)14-15-5-4-12(17-14)19(2)3/h4-5H,6-10H2,1-3H3. The van der Waals surface area contributed by atoms with Crippen molar-refractivity contribution in [1.29, 1.82) is 0 Å². The summed E-state index contributed by atoms with van der Waals surface area (Å²) in [6, 6.07) is 1.91. The Kier molecular flexibility index (Phi) is 4.19. The maximum absolute atomic E-state index is 5.17. The molecule has 0 spiro atoms. The van der Waals surface area contributed by atoms with Crippen LogP contribution < -0.4 is 9.80 Å². The second kappa shape index (κ2) is 6.27. The fraction of sp³-hybridized carbons (Fsp3) is 0.571. The molecule has 3 rings (SSSR count). The highest BCUT2D eigenvalue weighted by atomic mass is 16.5. The van der Waals surface area contributed by atoms with Gasteiger partial charge < -0.3 is 14.3 Å². The van der Waals surface area contributed by atoms with Gasteiger partial charge in [-0.1, -0.05) is 5.16 Å². The first kappa shape index (κ1) is 14.7. The molecule has 8 nitrogen and oxygen atoms in total. The van der Waals surface area contributed by atoms with Gasteiger partial charge in [-0.15, -0.1) is 0 Å². The summed E-state index contributed by atoms with van der Waals surface area (Å²) < 4.78 is 5.17. The molecule has 0 atom stereocenters. The van der Waals surface area contributed by atoms with Crippen molar-refractivity contribution in [3.8, 4) is 0 Å².